The number of amides is 4. The molecule has 4 rings (SSSR count). The zero-order valence-corrected chi connectivity index (χ0v) is 22.4. The van der Waals surface area contributed by atoms with E-state index < -0.39 is 6.04 Å². The van der Waals surface area contributed by atoms with Gasteiger partial charge in [0.2, 0.25) is 23.6 Å². The molecule has 3 atom stereocenters. The van der Waals surface area contributed by atoms with E-state index in [0.29, 0.717) is 36.4 Å². The zero-order valence-electron chi connectivity index (χ0n) is 21.6. The van der Waals surface area contributed by atoms with E-state index in [1.165, 1.54) is 4.90 Å². The smallest absolute Gasteiger partial charge is 0.243 e. The summed E-state index contributed by atoms with van der Waals surface area (Å²) in [5.41, 5.74) is 1.64. The first-order chi connectivity index (χ1) is 18.4. The molecule has 0 spiro atoms. The lowest BCUT2D eigenvalue weighted by atomic mass is 9.85. The van der Waals surface area contributed by atoms with Crippen LogP contribution in [-0.2, 0) is 32.1 Å². The lowest BCUT2D eigenvalue weighted by Crippen LogP contribution is -2.51. The number of rotatable bonds is 11. The quantitative estimate of drug-likeness (QED) is 0.346. The fourth-order valence-electron chi connectivity index (χ4n) is 5.17. The van der Waals surface area contributed by atoms with Crippen molar-refractivity contribution < 1.29 is 19.2 Å². The van der Waals surface area contributed by atoms with Crippen LogP contribution < -0.4 is 5.32 Å². The van der Waals surface area contributed by atoms with E-state index in [1.807, 2.05) is 67.6 Å². The summed E-state index contributed by atoms with van der Waals surface area (Å²) in [5.74, 6) is -1.67. The number of imide groups is 1. The van der Waals surface area contributed by atoms with Gasteiger partial charge in [0.25, 0.3) is 0 Å². The van der Waals surface area contributed by atoms with Crippen LogP contribution in [-0.4, -0.2) is 52.6 Å². The molecule has 0 bridgehead atoms. The number of hydrogen-bond donors (Lipinski definition) is 1. The number of likely N-dealkylation sites (tertiary alicyclic amines) is 1. The van der Waals surface area contributed by atoms with Gasteiger partial charge < -0.3 is 10.2 Å². The molecule has 200 valence electrons. The van der Waals surface area contributed by atoms with Crippen molar-refractivity contribution in [2.45, 2.75) is 51.6 Å². The Morgan fingerprint density at radius 3 is 2.26 bits per heavy atom. The van der Waals surface area contributed by atoms with Crippen LogP contribution in [0.3, 0.4) is 0 Å². The van der Waals surface area contributed by atoms with E-state index in [0.717, 1.165) is 12.0 Å². The van der Waals surface area contributed by atoms with E-state index >= 15 is 0 Å². The Labute approximate surface area is 228 Å². The number of hydrogen-bond acceptors (Lipinski definition) is 4. The normalized spacial score (nSPS) is 19.3. The Bertz CT molecular complexity index is 1170. The summed E-state index contributed by atoms with van der Waals surface area (Å²) in [6.45, 7) is 2.59. The van der Waals surface area contributed by atoms with Gasteiger partial charge in [-0.1, -0.05) is 79.2 Å². The lowest BCUT2D eigenvalue weighted by molar-refractivity contribution is -0.144. The maximum atomic E-state index is 13.8. The molecule has 2 aromatic rings. The fraction of sp³-hybridized carbons (Fsp3) is 0.400. The van der Waals surface area contributed by atoms with Crippen LogP contribution in [0.2, 0.25) is 5.02 Å². The number of nitrogens with zero attached hydrogens (tertiary/aromatic N) is 2. The molecule has 1 heterocycles. The molecule has 1 N–H and O–H groups in total. The first kappa shape index (κ1) is 27.6. The molecule has 7 nitrogen and oxygen atoms in total. The highest BCUT2D eigenvalue weighted by molar-refractivity contribution is 6.31. The standard InChI is InChI=1S/C30H34ClN3O4/c1-2-17-32-28(36)26(19-21-10-4-3-5-11-21)34(20-22-12-6-9-15-25(22)31)27(35)16-18-33-29(37)23-13-7-8-14-24(23)30(33)38/h3-12,15,23-24,26H,2,13-14,16-20H2,1H3,(H,32,36)/t23-,24+,26-/m1/s1. The first-order valence-electron chi connectivity index (χ1n) is 13.3. The Hall–Kier alpha value is -3.45. The fourth-order valence-corrected chi connectivity index (χ4v) is 5.37. The minimum Gasteiger partial charge on any atom is -0.354 e. The molecule has 1 fully saturated rings. The van der Waals surface area contributed by atoms with Crippen LogP contribution in [0.15, 0.2) is 66.7 Å². The first-order valence-corrected chi connectivity index (χ1v) is 13.6. The lowest BCUT2D eigenvalue weighted by Gasteiger charge is -2.32. The molecule has 2 aromatic carbocycles. The van der Waals surface area contributed by atoms with Crippen LogP contribution in [0, 0.1) is 11.8 Å². The van der Waals surface area contributed by atoms with Crippen molar-refractivity contribution in [2.75, 3.05) is 13.1 Å². The summed E-state index contributed by atoms with van der Waals surface area (Å²) >= 11 is 6.45. The van der Waals surface area contributed by atoms with Gasteiger partial charge in [0.1, 0.15) is 6.04 Å². The predicted molar refractivity (Wildman–Crippen MR) is 146 cm³/mol. The second-order valence-corrected chi connectivity index (χ2v) is 10.3. The third-order valence-electron chi connectivity index (χ3n) is 7.27. The Balaban J connectivity index is 1.58. The SMILES string of the molecule is CCCNC(=O)[C@@H](Cc1ccccc1)N(Cc1ccccc1Cl)C(=O)CCN1C(=O)[C@H]2CC=CC[C@H]2C1=O. The zero-order chi connectivity index (χ0) is 27.1. The average molecular weight is 536 g/mol. The van der Waals surface area contributed by atoms with Crippen molar-refractivity contribution in [3.8, 4) is 0 Å². The van der Waals surface area contributed by atoms with Gasteiger partial charge in [-0.05, 0) is 36.5 Å². The molecule has 4 amide bonds. The third-order valence-corrected chi connectivity index (χ3v) is 7.64. The Morgan fingerprint density at radius 2 is 1.63 bits per heavy atom. The molecule has 0 saturated carbocycles. The topological polar surface area (TPSA) is 86.8 Å². The molecule has 1 aliphatic carbocycles. The van der Waals surface area contributed by atoms with E-state index in [4.69, 9.17) is 11.6 Å². The van der Waals surface area contributed by atoms with Gasteiger partial charge >= 0.3 is 0 Å². The summed E-state index contributed by atoms with van der Waals surface area (Å²) < 4.78 is 0. The van der Waals surface area contributed by atoms with Gasteiger partial charge in [-0.15, -0.1) is 0 Å². The third kappa shape index (κ3) is 6.33. The molecule has 0 radical (unpaired) electrons. The molecule has 8 heteroatoms. The van der Waals surface area contributed by atoms with Crippen LogP contribution in [0.5, 0.6) is 0 Å². The van der Waals surface area contributed by atoms with Crippen molar-refractivity contribution >= 4 is 35.2 Å². The van der Waals surface area contributed by atoms with Gasteiger partial charge in [0.15, 0.2) is 0 Å². The molecule has 2 aliphatic rings. The maximum absolute atomic E-state index is 13.8. The molecule has 38 heavy (non-hydrogen) atoms. The van der Waals surface area contributed by atoms with Crippen LogP contribution in [0.25, 0.3) is 0 Å². The van der Waals surface area contributed by atoms with E-state index in [9.17, 15) is 19.2 Å². The number of fused-ring (bicyclic) bond motifs is 1. The predicted octanol–water partition coefficient (Wildman–Crippen LogP) is 4.15. The summed E-state index contributed by atoms with van der Waals surface area (Å²) in [6, 6.07) is 16.0. The summed E-state index contributed by atoms with van der Waals surface area (Å²) in [7, 11) is 0. The summed E-state index contributed by atoms with van der Waals surface area (Å²) in [4.78, 5) is 55.8. The van der Waals surface area contributed by atoms with Crippen molar-refractivity contribution in [3.05, 3.63) is 82.9 Å². The van der Waals surface area contributed by atoms with Crippen molar-refractivity contribution in [1.82, 2.24) is 15.1 Å². The molecular formula is C30H34ClN3O4. The van der Waals surface area contributed by atoms with Crippen molar-refractivity contribution in [2.24, 2.45) is 11.8 Å². The Kier molecular flexibility index (Phi) is 9.34. The van der Waals surface area contributed by atoms with Crippen molar-refractivity contribution in [3.63, 3.8) is 0 Å². The molecule has 0 unspecified atom stereocenters. The highest BCUT2D eigenvalue weighted by Crippen LogP contribution is 2.35. The Morgan fingerprint density at radius 1 is 1.00 bits per heavy atom. The van der Waals surface area contributed by atoms with E-state index in [-0.39, 0.29) is 55.0 Å². The maximum Gasteiger partial charge on any atom is 0.243 e. The number of benzene rings is 2. The summed E-state index contributed by atoms with van der Waals surface area (Å²) in [6.07, 6.45) is 6.00. The van der Waals surface area contributed by atoms with E-state index in [2.05, 4.69) is 5.32 Å². The van der Waals surface area contributed by atoms with Crippen LogP contribution in [0.4, 0.5) is 0 Å². The van der Waals surface area contributed by atoms with Gasteiger partial charge in [0.05, 0.1) is 11.8 Å². The van der Waals surface area contributed by atoms with Crippen LogP contribution in [0.1, 0.15) is 43.7 Å². The number of halogens is 1. The van der Waals surface area contributed by atoms with E-state index in [1.54, 1.807) is 11.0 Å². The largest absolute Gasteiger partial charge is 0.354 e. The molecule has 0 aromatic heterocycles. The van der Waals surface area contributed by atoms with Crippen LogP contribution >= 0.6 is 11.6 Å². The number of carbonyl (C=O) groups is 4. The second-order valence-electron chi connectivity index (χ2n) is 9.84. The monoisotopic (exact) mass is 535 g/mol. The highest BCUT2D eigenvalue weighted by atomic mass is 35.5. The molecular weight excluding hydrogens is 502 g/mol. The molecule has 1 saturated heterocycles. The van der Waals surface area contributed by atoms with Gasteiger partial charge in [-0.2, -0.15) is 0 Å². The average Bonchev–Trinajstić information content (AvgIpc) is 3.18. The van der Waals surface area contributed by atoms with Gasteiger partial charge in [0, 0.05) is 37.5 Å². The number of nitrogens with one attached hydrogen (secondary N) is 1. The minimum atomic E-state index is -0.788. The number of carbonyl (C=O) groups excluding carboxylic acids is 4. The van der Waals surface area contributed by atoms with Gasteiger partial charge in [-0.3, -0.25) is 24.1 Å². The minimum absolute atomic E-state index is 0.00282. The van der Waals surface area contributed by atoms with Crippen molar-refractivity contribution in [1.29, 1.82) is 0 Å². The molecule has 1 aliphatic heterocycles. The summed E-state index contributed by atoms with van der Waals surface area (Å²) in [5, 5.41) is 3.44. The van der Waals surface area contributed by atoms with Gasteiger partial charge in [-0.25, -0.2) is 0 Å². The second kappa shape index (κ2) is 12.9. The highest BCUT2D eigenvalue weighted by Gasteiger charge is 2.47. The number of allylic oxidation sites excluding steroid dienone is 2.